The molecule has 150 valence electrons. The quantitative estimate of drug-likeness (QED) is 0.533. The van der Waals surface area contributed by atoms with Gasteiger partial charge in [-0.25, -0.2) is 8.42 Å². The van der Waals surface area contributed by atoms with Gasteiger partial charge in [0.15, 0.2) is 15.5 Å². The Morgan fingerprint density at radius 2 is 1.55 bits per heavy atom. The summed E-state index contributed by atoms with van der Waals surface area (Å²) in [6, 6.07) is 13.7. The number of rotatable bonds is 3. The highest BCUT2D eigenvalue weighted by Gasteiger charge is 2.40. The molecule has 3 aromatic rings. The van der Waals surface area contributed by atoms with Crippen molar-refractivity contribution in [1.82, 2.24) is 9.78 Å². The molecule has 1 aromatic heterocycles. The Morgan fingerprint density at radius 1 is 1.00 bits per heavy atom. The van der Waals surface area contributed by atoms with Crippen LogP contribution in [0.2, 0.25) is 5.02 Å². The highest BCUT2D eigenvalue weighted by atomic mass is 35.5. The van der Waals surface area contributed by atoms with E-state index in [-0.39, 0.29) is 21.7 Å². The van der Waals surface area contributed by atoms with Crippen LogP contribution in [-0.4, -0.2) is 24.5 Å². The van der Waals surface area contributed by atoms with Crippen molar-refractivity contribution in [2.24, 2.45) is 0 Å². The lowest BCUT2D eigenvalue weighted by Crippen LogP contribution is -2.13. The van der Waals surface area contributed by atoms with Gasteiger partial charge in [-0.15, -0.1) is 0 Å². The van der Waals surface area contributed by atoms with Crippen molar-refractivity contribution in [2.75, 3.05) is 6.26 Å². The van der Waals surface area contributed by atoms with Gasteiger partial charge in [-0.2, -0.15) is 23.0 Å². The first-order valence-corrected chi connectivity index (χ1v) is 10.5. The number of benzene rings is 2. The van der Waals surface area contributed by atoms with Gasteiger partial charge < -0.3 is 0 Å². The predicted molar refractivity (Wildman–Crippen MR) is 105 cm³/mol. The van der Waals surface area contributed by atoms with Crippen molar-refractivity contribution in [3.63, 3.8) is 0 Å². The van der Waals surface area contributed by atoms with E-state index in [0.717, 1.165) is 6.26 Å². The van der Waals surface area contributed by atoms with E-state index in [1.54, 1.807) is 0 Å². The summed E-state index contributed by atoms with van der Waals surface area (Å²) in [6.07, 6.45) is -3.68. The molecule has 29 heavy (non-hydrogen) atoms. The number of halogens is 4. The Kier molecular flexibility index (Phi) is 5.48. The van der Waals surface area contributed by atoms with Crippen LogP contribution >= 0.6 is 11.6 Å². The molecule has 0 saturated heterocycles. The van der Waals surface area contributed by atoms with Gasteiger partial charge in [-0.1, -0.05) is 41.8 Å². The van der Waals surface area contributed by atoms with E-state index in [9.17, 15) is 21.6 Å². The molecule has 3 rings (SSSR count). The van der Waals surface area contributed by atoms with Crippen LogP contribution < -0.4 is 0 Å². The highest BCUT2D eigenvalue weighted by Crippen LogP contribution is 2.42. The van der Waals surface area contributed by atoms with Crippen LogP contribution in [-0.2, 0) is 16.0 Å². The summed E-state index contributed by atoms with van der Waals surface area (Å²) in [5, 5.41) is 4.44. The summed E-state index contributed by atoms with van der Waals surface area (Å²) < 4.78 is 65.7. The molecule has 1 heterocycles. The third-order valence-electron chi connectivity index (χ3n) is 4.06. The number of hydrogen-bond donors (Lipinski definition) is 0. The fourth-order valence-corrected chi connectivity index (χ4v) is 3.58. The lowest BCUT2D eigenvalue weighted by molar-refractivity contribution is -0.142. The second-order valence-corrected chi connectivity index (χ2v) is 8.60. The molecule has 0 aliphatic rings. The Bertz CT molecular complexity index is 1220. The van der Waals surface area contributed by atoms with Crippen LogP contribution in [0.3, 0.4) is 0 Å². The second kappa shape index (κ2) is 7.58. The van der Waals surface area contributed by atoms with Gasteiger partial charge in [0, 0.05) is 28.4 Å². The number of aromatic nitrogens is 2. The third-order valence-corrected chi connectivity index (χ3v) is 5.44. The van der Waals surface area contributed by atoms with Gasteiger partial charge in [-0.05, 0) is 36.8 Å². The normalized spacial score (nSPS) is 11.8. The van der Waals surface area contributed by atoms with Gasteiger partial charge in [-0.3, -0.25) is 0 Å². The Balaban J connectivity index is 2.34. The van der Waals surface area contributed by atoms with Crippen LogP contribution in [0.4, 0.5) is 13.2 Å². The predicted octanol–water partition coefficient (Wildman–Crippen LogP) is 5.12. The van der Waals surface area contributed by atoms with Crippen molar-refractivity contribution >= 4 is 21.4 Å². The fraction of sp³-hybridized carbons (Fsp3) is 0.150. The first kappa shape index (κ1) is 21.0. The molecule has 0 amide bonds. The van der Waals surface area contributed by atoms with Gasteiger partial charge in [0.1, 0.15) is 5.69 Å². The van der Waals surface area contributed by atoms with E-state index in [0.29, 0.717) is 15.3 Å². The molecule has 0 radical (unpaired) electrons. The molecule has 0 saturated carbocycles. The summed E-state index contributed by atoms with van der Waals surface area (Å²) in [5.74, 6) is 2.43. The maximum Gasteiger partial charge on any atom is 0.434 e. The van der Waals surface area contributed by atoms with E-state index in [2.05, 4.69) is 17.1 Å². The minimum Gasteiger partial charge on any atom is -0.224 e. The zero-order chi connectivity index (χ0) is 21.4. The lowest BCUT2D eigenvalue weighted by atomic mass is 9.98. The van der Waals surface area contributed by atoms with Crippen LogP contribution in [0.1, 0.15) is 12.6 Å². The van der Waals surface area contributed by atoms with Gasteiger partial charge in [0.25, 0.3) is 0 Å². The summed E-state index contributed by atoms with van der Waals surface area (Å²) in [6.45, 7) is 1.41. The molecule has 2 aromatic carbocycles. The SMILES string of the molecule is CC#Cn1nc(-c2ccc(S(C)(=O)=O)cc2)c(-c2ccc(Cl)cc2)c1C(F)(F)F. The van der Waals surface area contributed by atoms with Gasteiger partial charge in [0.05, 0.1) is 4.90 Å². The number of sulfone groups is 1. The molecule has 0 unspecified atom stereocenters. The van der Waals surface area contributed by atoms with Crippen molar-refractivity contribution in [3.8, 4) is 34.3 Å². The fourth-order valence-electron chi connectivity index (χ4n) is 2.82. The molecule has 4 nitrogen and oxygen atoms in total. The number of nitrogens with zero attached hydrogens (tertiary/aromatic N) is 2. The Hall–Kier alpha value is -2.76. The molecule has 0 aliphatic heterocycles. The standard InChI is InChI=1S/C20H14ClF3N2O2S/c1-3-12-26-19(20(22,23)24)17(13-4-8-15(21)9-5-13)18(25-26)14-6-10-16(11-7-14)29(2,27)28/h4-11H,1-2H3. The molecule has 0 bridgehead atoms. The van der Waals surface area contributed by atoms with Crippen LogP contribution in [0, 0.1) is 12.0 Å². The maximum atomic E-state index is 13.9. The van der Waals surface area contributed by atoms with Crippen molar-refractivity contribution < 1.29 is 21.6 Å². The number of hydrogen-bond acceptors (Lipinski definition) is 3. The van der Waals surface area contributed by atoms with Gasteiger partial charge in [0.2, 0.25) is 0 Å². The lowest BCUT2D eigenvalue weighted by Gasteiger charge is -2.10. The third kappa shape index (κ3) is 4.31. The van der Waals surface area contributed by atoms with Crippen LogP contribution in [0.25, 0.3) is 22.4 Å². The zero-order valence-electron chi connectivity index (χ0n) is 15.2. The van der Waals surface area contributed by atoms with E-state index < -0.39 is 21.7 Å². The topological polar surface area (TPSA) is 52.0 Å². The maximum absolute atomic E-state index is 13.9. The van der Waals surface area contributed by atoms with E-state index in [1.165, 1.54) is 55.5 Å². The average molecular weight is 439 g/mol. The molecule has 0 spiro atoms. The molecule has 0 fully saturated rings. The molecular formula is C20H14ClF3N2O2S. The zero-order valence-corrected chi connectivity index (χ0v) is 16.8. The van der Waals surface area contributed by atoms with Crippen molar-refractivity contribution in [2.45, 2.75) is 18.0 Å². The number of alkyl halides is 3. The minimum atomic E-state index is -4.73. The summed E-state index contributed by atoms with van der Waals surface area (Å²) in [4.78, 5) is 0.0538. The largest absolute Gasteiger partial charge is 0.434 e. The highest BCUT2D eigenvalue weighted by molar-refractivity contribution is 7.90. The molecule has 9 heteroatoms. The van der Waals surface area contributed by atoms with E-state index in [1.807, 2.05) is 0 Å². The first-order valence-electron chi connectivity index (χ1n) is 8.22. The van der Waals surface area contributed by atoms with Crippen molar-refractivity contribution in [3.05, 3.63) is 59.2 Å². The Morgan fingerprint density at radius 3 is 2.03 bits per heavy atom. The molecular weight excluding hydrogens is 425 g/mol. The molecule has 0 N–H and O–H groups in total. The minimum absolute atomic E-state index is 0.0300. The second-order valence-electron chi connectivity index (χ2n) is 6.15. The molecule has 0 aliphatic carbocycles. The summed E-state index contributed by atoms with van der Waals surface area (Å²) in [7, 11) is -3.45. The van der Waals surface area contributed by atoms with E-state index >= 15 is 0 Å². The van der Waals surface area contributed by atoms with Crippen LogP contribution in [0.15, 0.2) is 53.4 Å². The van der Waals surface area contributed by atoms with Gasteiger partial charge >= 0.3 is 6.18 Å². The summed E-state index contributed by atoms with van der Waals surface area (Å²) >= 11 is 5.88. The van der Waals surface area contributed by atoms with E-state index in [4.69, 9.17) is 11.6 Å². The summed E-state index contributed by atoms with van der Waals surface area (Å²) in [5.41, 5.74) is -0.569. The van der Waals surface area contributed by atoms with Crippen molar-refractivity contribution in [1.29, 1.82) is 0 Å². The smallest absolute Gasteiger partial charge is 0.224 e. The first-order chi connectivity index (χ1) is 13.5. The molecule has 0 atom stereocenters. The monoisotopic (exact) mass is 438 g/mol. The Labute approximate surface area is 170 Å². The average Bonchev–Trinajstić information content (AvgIpc) is 3.02. The van der Waals surface area contributed by atoms with Crippen LogP contribution in [0.5, 0.6) is 0 Å².